The van der Waals surface area contributed by atoms with E-state index in [0.717, 1.165) is 21.4 Å². The number of rotatable bonds is 6. The fraction of sp³-hybridized carbons (Fsp3) is 0.321. The SMILES string of the molecule is C[Si]C.[Cl][Zr+2][Cl].c1ccc2cc(-c3cccc4[cH-]c(CC5CCCCCC5)cc34)ccc2c1.c1ccc2cc(-c3cccc4[cH-]c(CC5CCCCCC5)cc34)ccc2c1. The van der Waals surface area contributed by atoms with Crippen molar-refractivity contribution in [3.05, 3.63) is 157 Å². The Balaban J connectivity index is 0.000000161. The minimum absolute atomic E-state index is 0.826. The number of halogens is 2. The molecular formula is C56H60Cl2SiZr. The van der Waals surface area contributed by atoms with E-state index in [4.69, 9.17) is 17.0 Å². The summed E-state index contributed by atoms with van der Waals surface area (Å²) in [6, 6.07) is 54.3. The number of benzene rings is 6. The standard InChI is InChI=1S/2C27H27.C2H6Si.2ClH.Zr/c2*1-2-4-9-20(8-3-1)16-21-17-24-12-7-13-26(27(24)18-21)25-15-14-22-10-5-6-11-23(22)19-25;1-3-2;;;/h2*5-7,10-15,17-20H,1-4,8-9,16H2;1-2H3;2*1H;/q2*-1;;;;+4/p-2. The van der Waals surface area contributed by atoms with Crippen molar-refractivity contribution in [1.29, 1.82) is 0 Å². The van der Waals surface area contributed by atoms with Gasteiger partial charge in [0, 0.05) is 9.52 Å². The second-order valence-electron chi connectivity index (χ2n) is 17.2. The van der Waals surface area contributed by atoms with Crippen LogP contribution in [-0.2, 0) is 33.7 Å². The maximum Gasteiger partial charge on any atom is -0.0178 e. The monoisotopic (exact) mass is 920 g/mol. The van der Waals surface area contributed by atoms with Crippen molar-refractivity contribution in [2.45, 2.75) is 103 Å². The van der Waals surface area contributed by atoms with Crippen LogP contribution >= 0.6 is 17.0 Å². The zero-order valence-corrected chi connectivity index (χ0v) is 40.6. The van der Waals surface area contributed by atoms with Crippen LogP contribution < -0.4 is 0 Å². The van der Waals surface area contributed by atoms with E-state index in [1.165, 1.54) is 166 Å². The summed E-state index contributed by atoms with van der Waals surface area (Å²) in [5, 5.41) is 10.9. The average Bonchev–Trinajstić information content (AvgIpc) is 3.66. The Morgan fingerprint density at radius 2 is 0.833 bits per heavy atom. The Bertz CT molecular complexity index is 2350. The maximum absolute atomic E-state index is 4.93. The molecule has 2 aliphatic rings. The summed E-state index contributed by atoms with van der Waals surface area (Å²) >= 11 is -0.826. The molecule has 0 aromatic heterocycles. The van der Waals surface area contributed by atoms with Crippen LogP contribution in [0.2, 0.25) is 13.1 Å². The molecule has 306 valence electrons. The van der Waals surface area contributed by atoms with Gasteiger partial charge in [-0.2, -0.15) is 12.1 Å². The van der Waals surface area contributed by atoms with Gasteiger partial charge in [-0.25, -0.2) is 0 Å². The van der Waals surface area contributed by atoms with Gasteiger partial charge >= 0.3 is 37.9 Å². The van der Waals surface area contributed by atoms with Crippen molar-refractivity contribution in [3.8, 4) is 22.3 Å². The van der Waals surface area contributed by atoms with Crippen LogP contribution in [0, 0.1) is 11.8 Å². The first kappa shape index (κ1) is 44.8. The second kappa shape index (κ2) is 23.3. The number of fused-ring (bicyclic) bond motifs is 4. The Morgan fingerprint density at radius 3 is 1.22 bits per heavy atom. The van der Waals surface area contributed by atoms with Crippen molar-refractivity contribution in [1.82, 2.24) is 0 Å². The van der Waals surface area contributed by atoms with Crippen molar-refractivity contribution in [2.24, 2.45) is 11.8 Å². The molecule has 8 aromatic carbocycles. The third-order valence-corrected chi connectivity index (χ3v) is 12.7. The molecule has 60 heavy (non-hydrogen) atoms. The minimum Gasteiger partial charge on any atom is -0.164 e. The Kier molecular flexibility index (Phi) is 17.4. The molecule has 2 radical (unpaired) electrons. The normalized spacial score (nSPS) is 14.9. The van der Waals surface area contributed by atoms with Crippen LogP contribution in [0.25, 0.3) is 65.3 Å². The van der Waals surface area contributed by atoms with Crippen LogP contribution in [0.15, 0.2) is 146 Å². The van der Waals surface area contributed by atoms with Crippen LogP contribution in [0.4, 0.5) is 0 Å². The molecule has 2 saturated carbocycles. The van der Waals surface area contributed by atoms with E-state index in [1.807, 2.05) is 0 Å². The second-order valence-corrected chi connectivity index (χ2v) is 21.9. The van der Waals surface area contributed by atoms with Gasteiger partial charge in [0.05, 0.1) is 0 Å². The fourth-order valence-electron chi connectivity index (χ4n) is 9.85. The molecule has 4 heteroatoms. The zero-order valence-electron chi connectivity index (χ0n) is 35.7. The van der Waals surface area contributed by atoms with E-state index in [9.17, 15) is 0 Å². The number of hydrogen-bond donors (Lipinski definition) is 0. The summed E-state index contributed by atoms with van der Waals surface area (Å²) in [5.74, 6) is 1.77. The quantitative estimate of drug-likeness (QED) is 0.0886. The van der Waals surface area contributed by atoms with Crippen LogP contribution in [0.5, 0.6) is 0 Å². The smallest absolute Gasteiger partial charge is 0.0178 e. The van der Waals surface area contributed by atoms with E-state index in [2.05, 4.69) is 159 Å². The summed E-state index contributed by atoms with van der Waals surface area (Å²) in [4.78, 5) is 0. The topological polar surface area (TPSA) is 0 Å². The molecular weight excluding hydrogens is 863 g/mol. The molecule has 0 aliphatic heterocycles. The Hall–Kier alpha value is -3.26. The first-order chi connectivity index (χ1) is 29.6. The predicted molar refractivity (Wildman–Crippen MR) is 264 cm³/mol. The third-order valence-electron chi connectivity index (χ3n) is 12.7. The largest absolute Gasteiger partial charge is 0.164 e. The third kappa shape index (κ3) is 12.0. The molecule has 0 nitrogen and oxygen atoms in total. The molecule has 10 rings (SSSR count). The molecule has 2 fully saturated rings. The molecule has 0 heterocycles. The van der Waals surface area contributed by atoms with Gasteiger partial charge in [-0.3, -0.25) is 0 Å². The van der Waals surface area contributed by atoms with E-state index in [-0.39, 0.29) is 0 Å². The summed E-state index contributed by atoms with van der Waals surface area (Å²) in [6.07, 6.45) is 19.6. The summed E-state index contributed by atoms with van der Waals surface area (Å²) in [7, 11) is 11.0. The predicted octanol–water partition coefficient (Wildman–Crippen LogP) is 17.9. The molecule has 0 atom stereocenters. The first-order valence-corrected chi connectivity index (χ1v) is 30.8. The molecule has 0 amide bonds. The van der Waals surface area contributed by atoms with Crippen LogP contribution in [0.3, 0.4) is 0 Å². The van der Waals surface area contributed by atoms with Gasteiger partial charge in [-0.15, -0.1) is 69.1 Å². The Morgan fingerprint density at radius 1 is 0.467 bits per heavy atom. The summed E-state index contributed by atoms with van der Waals surface area (Å²) < 4.78 is 0. The molecule has 8 aromatic rings. The van der Waals surface area contributed by atoms with Crippen LogP contribution in [-0.4, -0.2) is 9.52 Å². The van der Waals surface area contributed by atoms with Crippen molar-refractivity contribution in [3.63, 3.8) is 0 Å². The van der Waals surface area contributed by atoms with E-state index < -0.39 is 20.8 Å². The molecule has 2 aliphatic carbocycles. The number of hydrogen-bond acceptors (Lipinski definition) is 0. The molecule has 0 saturated heterocycles. The summed E-state index contributed by atoms with van der Waals surface area (Å²) in [5.41, 5.74) is 8.45. The molecule has 0 N–H and O–H groups in total. The zero-order chi connectivity index (χ0) is 41.5. The first-order valence-electron chi connectivity index (χ1n) is 22.5. The average molecular weight is 923 g/mol. The minimum atomic E-state index is -0.826. The van der Waals surface area contributed by atoms with Gasteiger partial charge < -0.3 is 0 Å². The van der Waals surface area contributed by atoms with Gasteiger partial charge in [0.1, 0.15) is 0 Å². The van der Waals surface area contributed by atoms with Gasteiger partial charge in [-0.05, 0) is 69.5 Å². The van der Waals surface area contributed by atoms with E-state index in [1.54, 1.807) is 0 Å². The van der Waals surface area contributed by atoms with E-state index in [0.29, 0.717) is 0 Å². The fourth-order valence-corrected chi connectivity index (χ4v) is 9.85. The van der Waals surface area contributed by atoms with Crippen LogP contribution in [0.1, 0.15) is 88.2 Å². The maximum atomic E-state index is 4.93. The van der Waals surface area contributed by atoms with Gasteiger partial charge in [-0.1, -0.05) is 186 Å². The van der Waals surface area contributed by atoms with Crippen molar-refractivity contribution >= 4 is 69.6 Å². The summed E-state index contributed by atoms with van der Waals surface area (Å²) in [6.45, 7) is 4.31. The molecule has 0 unspecified atom stereocenters. The van der Waals surface area contributed by atoms with Crippen molar-refractivity contribution in [2.75, 3.05) is 0 Å². The Labute approximate surface area is 381 Å². The molecule has 0 spiro atoms. The molecule has 0 bridgehead atoms. The van der Waals surface area contributed by atoms with Gasteiger partial charge in [0.15, 0.2) is 0 Å². The van der Waals surface area contributed by atoms with Gasteiger partial charge in [0.25, 0.3) is 0 Å². The van der Waals surface area contributed by atoms with E-state index >= 15 is 0 Å². The van der Waals surface area contributed by atoms with Gasteiger partial charge in [0.2, 0.25) is 0 Å². The van der Waals surface area contributed by atoms with Crippen molar-refractivity contribution < 1.29 is 20.8 Å².